The van der Waals surface area contributed by atoms with Crippen molar-refractivity contribution in [3.05, 3.63) is 34.1 Å². The van der Waals surface area contributed by atoms with Crippen molar-refractivity contribution in [3.8, 4) is 0 Å². The Bertz CT molecular complexity index is 450. The number of carboxylic acid groups (broad SMARTS) is 1. The topological polar surface area (TPSA) is 92.5 Å². The first-order chi connectivity index (χ1) is 7.97. The van der Waals surface area contributed by atoms with Crippen LogP contribution in [0.25, 0.3) is 0 Å². The Balaban J connectivity index is 3.12. The lowest BCUT2D eigenvalue weighted by atomic mass is 10.2. The fourth-order valence-corrected chi connectivity index (χ4v) is 1.32. The summed E-state index contributed by atoms with van der Waals surface area (Å²) in [5, 5.41) is 21.8. The van der Waals surface area contributed by atoms with Gasteiger partial charge in [-0.15, -0.1) is 0 Å². The number of nitrogens with zero attached hydrogens (tertiary/aromatic N) is 1. The predicted molar refractivity (Wildman–Crippen MR) is 58.4 cm³/mol. The van der Waals surface area contributed by atoms with Gasteiger partial charge >= 0.3 is 5.97 Å². The molecular formula is C10H11FN2O4. The smallest absolute Gasteiger partial charge is 0.326 e. The van der Waals surface area contributed by atoms with Gasteiger partial charge in [-0.3, -0.25) is 10.1 Å². The summed E-state index contributed by atoms with van der Waals surface area (Å²) in [6.45, 7) is 1.58. The summed E-state index contributed by atoms with van der Waals surface area (Å²) in [5.41, 5.74) is -0.878. The minimum Gasteiger partial charge on any atom is -0.480 e. The summed E-state index contributed by atoms with van der Waals surface area (Å²) < 4.78 is 13.4. The molecule has 0 heterocycles. The third-order valence-electron chi connectivity index (χ3n) is 2.21. The van der Waals surface area contributed by atoms with Gasteiger partial charge in [-0.05, 0) is 12.5 Å². The lowest BCUT2D eigenvalue weighted by Gasteiger charge is -2.14. The number of anilines is 1. The lowest BCUT2D eigenvalue weighted by molar-refractivity contribution is -0.384. The fraction of sp³-hybridized carbons (Fsp3) is 0.300. The molecule has 2 N–H and O–H groups in total. The van der Waals surface area contributed by atoms with Crippen LogP contribution >= 0.6 is 0 Å². The van der Waals surface area contributed by atoms with Crippen LogP contribution in [0.4, 0.5) is 15.8 Å². The summed E-state index contributed by atoms with van der Waals surface area (Å²) in [6.07, 6.45) is 0.181. The SMILES string of the molecule is CCC(Nc1c(F)cccc1[N+](=O)[O-])C(=O)O. The van der Waals surface area contributed by atoms with Gasteiger partial charge in [0, 0.05) is 6.07 Å². The molecule has 0 bridgehead atoms. The van der Waals surface area contributed by atoms with E-state index >= 15 is 0 Å². The van der Waals surface area contributed by atoms with E-state index in [1.807, 2.05) is 0 Å². The van der Waals surface area contributed by atoms with Crippen molar-refractivity contribution in [2.45, 2.75) is 19.4 Å². The first kappa shape index (κ1) is 12.9. The highest BCUT2D eigenvalue weighted by Gasteiger charge is 2.23. The molecule has 92 valence electrons. The number of hydrogen-bond donors (Lipinski definition) is 2. The number of halogens is 1. The van der Waals surface area contributed by atoms with Gasteiger partial charge in [0.1, 0.15) is 11.7 Å². The van der Waals surface area contributed by atoms with Gasteiger partial charge in [-0.1, -0.05) is 13.0 Å². The molecule has 1 aromatic carbocycles. The van der Waals surface area contributed by atoms with Gasteiger partial charge in [-0.2, -0.15) is 0 Å². The second-order valence-corrected chi connectivity index (χ2v) is 3.33. The van der Waals surface area contributed by atoms with E-state index in [0.717, 1.165) is 12.1 Å². The molecule has 0 fully saturated rings. The van der Waals surface area contributed by atoms with E-state index in [0.29, 0.717) is 0 Å². The number of hydrogen-bond acceptors (Lipinski definition) is 4. The van der Waals surface area contributed by atoms with E-state index in [9.17, 15) is 19.3 Å². The van der Waals surface area contributed by atoms with Crippen LogP contribution in [0.1, 0.15) is 13.3 Å². The van der Waals surface area contributed by atoms with E-state index in [4.69, 9.17) is 5.11 Å². The van der Waals surface area contributed by atoms with Crippen molar-refractivity contribution in [3.63, 3.8) is 0 Å². The van der Waals surface area contributed by atoms with Crippen LogP contribution in [-0.4, -0.2) is 22.0 Å². The number of nitro benzene ring substituents is 1. The van der Waals surface area contributed by atoms with E-state index in [1.54, 1.807) is 6.92 Å². The number of benzene rings is 1. The normalized spacial score (nSPS) is 11.9. The van der Waals surface area contributed by atoms with Crippen molar-refractivity contribution < 1.29 is 19.2 Å². The monoisotopic (exact) mass is 242 g/mol. The van der Waals surface area contributed by atoms with Crippen LogP contribution in [0.3, 0.4) is 0 Å². The van der Waals surface area contributed by atoms with Crippen LogP contribution in [0.2, 0.25) is 0 Å². The molecule has 0 aliphatic rings. The maximum Gasteiger partial charge on any atom is 0.326 e. The number of carbonyl (C=O) groups is 1. The average Bonchev–Trinajstić information content (AvgIpc) is 2.26. The van der Waals surface area contributed by atoms with Gasteiger partial charge in [0.05, 0.1) is 4.92 Å². The molecule has 1 atom stereocenters. The highest BCUT2D eigenvalue weighted by atomic mass is 19.1. The summed E-state index contributed by atoms with van der Waals surface area (Å²) in [5.74, 6) is -2.04. The maximum absolute atomic E-state index is 13.4. The quantitative estimate of drug-likeness (QED) is 0.608. The first-order valence-electron chi connectivity index (χ1n) is 4.89. The van der Waals surface area contributed by atoms with Crippen LogP contribution in [0.15, 0.2) is 18.2 Å². The molecule has 0 saturated carbocycles. The Kier molecular flexibility index (Phi) is 3.97. The summed E-state index contributed by atoms with van der Waals surface area (Å²) >= 11 is 0. The molecule has 0 aliphatic carbocycles. The Morgan fingerprint density at radius 1 is 1.65 bits per heavy atom. The number of para-hydroxylation sites is 1. The van der Waals surface area contributed by atoms with Crippen LogP contribution in [-0.2, 0) is 4.79 Å². The minimum absolute atomic E-state index is 0.181. The third-order valence-corrected chi connectivity index (χ3v) is 2.21. The van der Waals surface area contributed by atoms with Gasteiger partial charge in [-0.25, -0.2) is 9.18 Å². The van der Waals surface area contributed by atoms with Gasteiger partial charge in [0.25, 0.3) is 5.69 Å². The Morgan fingerprint density at radius 2 is 2.29 bits per heavy atom. The Labute approximate surface area is 96.2 Å². The van der Waals surface area contributed by atoms with Crippen LogP contribution in [0.5, 0.6) is 0 Å². The van der Waals surface area contributed by atoms with Crippen molar-refractivity contribution in [1.29, 1.82) is 0 Å². The second-order valence-electron chi connectivity index (χ2n) is 3.33. The summed E-state index contributed by atoms with van der Waals surface area (Å²) in [7, 11) is 0. The molecule has 0 saturated heterocycles. The number of carboxylic acids is 1. The van der Waals surface area contributed by atoms with Crippen molar-refractivity contribution >= 4 is 17.3 Å². The number of aliphatic carboxylic acids is 1. The van der Waals surface area contributed by atoms with Gasteiger partial charge < -0.3 is 10.4 Å². The fourth-order valence-electron chi connectivity index (χ4n) is 1.32. The van der Waals surface area contributed by atoms with E-state index in [2.05, 4.69) is 5.32 Å². The Hall–Kier alpha value is -2.18. The molecule has 0 spiro atoms. The standard InChI is InChI=1S/C10H11FN2O4/c1-2-7(10(14)15)12-9-6(11)4-3-5-8(9)13(16)17/h3-5,7,12H,2H2,1H3,(H,14,15). The molecule has 1 aromatic rings. The molecule has 1 rings (SSSR count). The summed E-state index contributed by atoms with van der Waals surface area (Å²) in [4.78, 5) is 20.7. The zero-order valence-electron chi connectivity index (χ0n) is 9.01. The molecule has 1 unspecified atom stereocenters. The van der Waals surface area contributed by atoms with Gasteiger partial charge in [0.15, 0.2) is 5.82 Å². The van der Waals surface area contributed by atoms with Crippen molar-refractivity contribution in [2.24, 2.45) is 0 Å². The Morgan fingerprint density at radius 3 is 2.76 bits per heavy atom. The predicted octanol–water partition coefficient (Wildman–Crippen LogP) is 2.01. The molecule has 0 aromatic heterocycles. The van der Waals surface area contributed by atoms with E-state index in [1.165, 1.54) is 6.07 Å². The largest absolute Gasteiger partial charge is 0.480 e. The van der Waals surface area contributed by atoms with Crippen LogP contribution < -0.4 is 5.32 Å². The molecule has 7 heteroatoms. The molecule has 0 amide bonds. The first-order valence-corrected chi connectivity index (χ1v) is 4.89. The summed E-state index contributed by atoms with van der Waals surface area (Å²) in [6, 6.07) is 2.27. The van der Waals surface area contributed by atoms with E-state index < -0.39 is 34.1 Å². The molecular weight excluding hydrogens is 231 g/mol. The van der Waals surface area contributed by atoms with E-state index in [-0.39, 0.29) is 6.42 Å². The van der Waals surface area contributed by atoms with Crippen molar-refractivity contribution in [2.75, 3.05) is 5.32 Å². The van der Waals surface area contributed by atoms with Crippen molar-refractivity contribution in [1.82, 2.24) is 0 Å². The lowest BCUT2D eigenvalue weighted by Crippen LogP contribution is -2.29. The molecule has 17 heavy (non-hydrogen) atoms. The minimum atomic E-state index is -1.19. The van der Waals surface area contributed by atoms with Crippen LogP contribution in [0, 0.1) is 15.9 Å². The molecule has 6 nitrogen and oxygen atoms in total. The molecule has 0 aliphatic heterocycles. The highest BCUT2D eigenvalue weighted by molar-refractivity contribution is 5.79. The second kappa shape index (κ2) is 5.24. The highest BCUT2D eigenvalue weighted by Crippen LogP contribution is 2.27. The third kappa shape index (κ3) is 2.90. The molecule has 0 radical (unpaired) electrons. The number of nitrogens with one attached hydrogen (secondary N) is 1. The number of rotatable bonds is 5. The zero-order chi connectivity index (χ0) is 13.0. The maximum atomic E-state index is 13.4. The van der Waals surface area contributed by atoms with Gasteiger partial charge in [0.2, 0.25) is 0 Å². The zero-order valence-corrected chi connectivity index (χ0v) is 9.01. The number of nitro groups is 1. The average molecular weight is 242 g/mol.